The van der Waals surface area contributed by atoms with Crippen LogP contribution < -0.4 is 9.64 Å². The van der Waals surface area contributed by atoms with Crippen LogP contribution in [0.5, 0.6) is 5.75 Å². The van der Waals surface area contributed by atoms with E-state index in [1.165, 1.54) is 26.4 Å². The fourth-order valence-corrected chi connectivity index (χ4v) is 4.67. The zero-order valence-corrected chi connectivity index (χ0v) is 19.2. The lowest BCUT2D eigenvalue weighted by Gasteiger charge is -2.23. The van der Waals surface area contributed by atoms with Crippen molar-refractivity contribution in [3.63, 3.8) is 0 Å². The van der Waals surface area contributed by atoms with Gasteiger partial charge in [-0.3, -0.25) is 14.5 Å². The monoisotopic (exact) mass is 482 g/mol. The van der Waals surface area contributed by atoms with Gasteiger partial charge in [-0.25, -0.2) is 14.2 Å². The molecule has 0 bridgehead atoms. The average molecular weight is 482 g/mol. The molecule has 1 saturated heterocycles. The lowest BCUT2D eigenvalue weighted by atomic mass is 9.95. The van der Waals surface area contributed by atoms with Gasteiger partial charge < -0.3 is 14.6 Å². The fourth-order valence-electron chi connectivity index (χ4n) is 3.66. The van der Waals surface area contributed by atoms with E-state index < -0.39 is 35.3 Å². The number of aryl methyl sites for hydroxylation is 1. The maximum absolute atomic E-state index is 13.4. The zero-order valence-electron chi connectivity index (χ0n) is 18.4. The topological polar surface area (TPSA) is 106 Å². The Morgan fingerprint density at radius 2 is 1.74 bits per heavy atom. The molecule has 0 saturated carbocycles. The van der Waals surface area contributed by atoms with Crippen LogP contribution in [0.1, 0.15) is 32.5 Å². The van der Waals surface area contributed by atoms with E-state index in [2.05, 4.69) is 4.98 Å². The normalized spacial score (nSPS) is 17.2. The third kappa shape index (κ3) is 3.92. The number of thiazole rings is 1. The summed E-state index contributed by atoms with van der Waals surface area (Å²) >= 11 is 0.902. The number of hydrogen-bond acceptors (Lipinski definition) is 8. The van der Waals surface area contributed by atoms with Crippen LogP contribution in [0.15, 0.2) is 54.1 Å². The minimum absolute atomic E-state index is 0.0963. The smallest absolute Gasteiger partial charge is 0.350 e. The van der Waals surface area contributed by atoms with Gasteiger partial charge in [-0.15, -0.1) is 0 Å². The number of anilines is 1. The number of carbonyl (C=O) groups is 3. The van der Waals surface area contributed by atoms with Crippen LogP contribution in [0.4, 0.5) is 9.52 Å². The summed E-state index contributed by atoms with van der Waals surface area (Å²) in [4.78, 5) is 44.1. The molecule has 1 amide bonds. The maximum Gasteiger partial charge on any atom is 0.350 e. The number of rotatable bonds is 5. The predicted octanol–water partition coefficient (Wildman–Crippen LogP) is 4.01. The van der Waals surface area contributed by atoms with Crippen molar-refractivity contribution in [3.05, 3.63) is 81.6 Å². The van der Waals surface area contributed by atoms with E-state index >= 15 is 0 Å². The van der Waals surface area contributed by atoms with E-state index in [0.29, 0.717) is 17.0 Å². The molecule has 10 heteroatoms. The number of carbonyl (C=O) groups excluding carboxylic acids is 3. The fraction of sp³-hybridized carbons (Fsp3) is 0.167. The number of Topliss-reactive ketones (excluding diaryl/α,β-unsaturated/α-hetero) is 1. The molecule has 4 rings (SSSR count). The van der Waals surface area contributed by atoms with Crippen molar-refractivity contribution in [2.75, 3.05) is 19.1 Å². The second-order valence-electron chi connectivity index (χ2n) is 7.35. The van der Waals surface area contributed by atoms with Crippen LogP contribution in [0.3, 0.4) is 0 Å². The largest absolute Gasteiger partial charge is 0.507 e. The molecule has 34 heavy (non-hydrogen) atoms. The van der Waals surface area contributed by atoms with E-state index in [4.69, 9.17) is 9.47 Å². The Hall–Kier alpha value is -4.05. The molecule has 0 radical (unpaired) electrons. The highest BCUT2D eigenvalue weighted by molar-refractivity contribution is 7.17. The van der Waals surface area contributed by atoms with E-state index in [9.17, 15) is 23.9 Å². The molecular weight excluding hydrogens is 463 g/mol. The Bertz CT molecular complexity index is 1310. The summed E-state index contributed by atoms with van der Waals surface area (Å²) in [5.74, 6) is -2.90. The highest BCUT2D eigenvalue weighted by Gasteiger charge is 2.48. The molecule has 1 aliphatic rings. The van der Waals surface area contributed by atoms with Gasteiger partial charge in [0.05, 0.1) is 31.5 Å². The summed E-state index contributed by atoms with van der Waals surface area (Å²) in [7, 11) is 2.73. The van der Waals surface area contributed by atoms with Crippen LogP contribution >= 0.6 is 11.3 Å². The number of methoxy groups -OCH3 is 2. The molecule has 0 unspecified atom stereocenters. The van der Waals surface area contributed by atoms with Gasteiger partial charge in [0.15, 0.2) is 5.13 Å². The van der Waals surface area contributed by atoms with Gasteiger partial charge in [0, 0.05) is 5.56 Å². The van der Waals surface area contributed by atoms with Gasteiger partial charge in [0.2, 0.25) is 0 Å². The molecule has 1 fully saturated rings. The molecule has 0 spiro atoms. The second-order valence-corrected chi connectivity index (χ2v) is 8.33. The first kappa shape index (κ1) is 23.1. The first-order chi connectivity index (χ1) is 16.3. The number of aliphatic hydroxyl groups is 1. The van der Waals surface area contributed by atoms with Gasteiger partial charge in [-0.1, -0.05) is 23.5 Å². The van der Waals surface area contributed by atoms with E-state index in [-0.39, 0.29) is 21.1 Å². The number of esters is 1. The third-order valence-corrected chi connectivity index (χ3v) is 6.49. The Morgan fingerprint density at radius 3 is 2.32 bits per heavy atom. The van der Waals surface area contributed by atoms with Crippen LogP contribution in [-0.2, 0) is 14.3 Å². The number of nitrogens with zero attached hydrogens (tertiary/aromatic N) is 2. The third-order valence-electron chi connectivity index (χ3n) is 5.36. The van der Waals surface area contributed by atoms with Crippen LogP contribution in [-0.4, -0.2) is 42.0 Å². The van der Waals surface area contributed by atoms with Crippen molar-refractivity contribution in [2.45, 2.75) is 13.0 Å². The quantitative estimate of drug-likeness (QED) is 0.253. The number of ether oxygens (including phenoxy) is 2. The number of hydrogen-bond donors (Lipinski definition) is 1. The van der Waals surface area contributed by atoms with Crippen molar-refractivity contribution in [2.24, 2.45) is 0 Å². The molecule has 174 valence electrons. The molecular formula is C24H19FN2O6S. The molecule has 1 aliphatic heterocycles. The Labute approximate surface area is 197 Å². The van der Waals surface area contributed by atoms with E-state index in [0.717, 1.165) is 28.4 Å². The summed E-state index contributed by atoms with van der Waals surface area (Å²) in [6, 6.07) is 10.5. The van der Waals surface area contributed by atoms with Crippen molar-refractivity contribution >= 4 is 39.9 Å². The first-order valence-corrected chi connectivity index (χ1v) is 10.8. The second kappa shape index (κ2) is 9.06. The summed E-state index contributed by atoms with van der Waals surface area (Å²) < 4.78 is 23.4. The number of aliphatic hydroxyl groups excluding tert-OH is 1. The van der Waals surface area contributed by atoms with Gasteiger partial charge in [-0.2, -0.15) is 0 Å². The zero-order chi connectivity index (χ0) is 24.6. The molecule has 3 aromatic rings. The predicted molar refractivity (Wildman–Crippen MR) is 122 cm³/mol. The van der Waals surface area contributed by atoms with Crippen molar-refractivity contribution in [3.8, 4) is 5.75 Å². The summed E-state index contributed by atoms with van der Waals surface area (Å²) in [5, 5.41) is 11.1. The van der Waals surface area contributed by atoms with Gasteiger partial charge in [0.1, 0.15) is 22.2 Å². The number of halogens is 1. The SMILES string of the molecule is COC(=O)c1sc(N2C(=O)C(=O)/C(=C(/O)c3ccc(F)cc3)[C@H]2c2ccc(OC)cc2)nc1C. The lowest BCUT2D eigenvalue weighted by Crippen LogP contribution is -2.29. The Balaban J connectivity index is 1.92. The van der Waals surface area contributed by atoms with E-state index in [1.807, 2.05) is 0 Å². The molecule has 1 atom stereocenters. The van der Waals surface area contributed by atoms with Gasteiger partial charge in [-0.05, 0) is 48.9 Å². The number of ketones is 1. The van der Waals surface area contributed by atoms with Crippen molar-refractivity contribution < 1.29 is 33.4 Å². The maximum atomic E-state index is 13.4. The van der Waals surface area contributed by atoms with Crippen LogP contribution in [0, 0.1) is 12.7 Å². The summed E-state index contributed by atoms with van der Waals surface area (Å²) in [6.07, 6.45) is 0. The highest BCUT2D eigenvalue weighted by atomic mass is 32.1. The molecule has 1 N–H and O–H groups in total. The number of amides is 1. The van der Waals surface area contributed by atoms with Crippen LogP contribution in [0.25, 0.3) is 5.76 Å². The Kier molecular flexibility index (Phi) is 6.16. The standard InChI is InChI=1S/C24H19FN2O6S/c1-12-21(23(31)33-3)34-24(26-12)27-18(13-6-10-16(32-2)11-7-13)17(20(29)22(27)30)19(28)14-4-8-15(25)9-5-14/h4-11,18,28H,1-3H3/b19-17+/t18-/m1/s1. The summed E-state index contributed by atoms with van der Waals surface area (Å²) in [6.45, 7) is 1.59. The number of benzene rings is 2. The van der Waals surface area contributed by atoms with Crippen molar-refractivity contribution in [1.82, 2.24) is 4.98 Å². The minimum Gasteiger partial charge on any atom is -0.507 e. The highest BCUT2D eigenvalue weighted by Crippen LogP contribution is 2.44. The lowest BCUT2D eigenvalue weighted by molar-refractivity contribution is -0.132. The molecule has 0 aliphatic carbocycles. The van der Waals surface area contributed by atoms with Gasteiger partial charge >= 0.3 is 11.9 Å². The molecule has 8 nitrogen and oxygen atoms in total. The van der Waals surface area contributed by atoms with Crippen LogP contribution in [0.2, 0.25) is 0 Å². The van der Waals surface area contributed by atoms with E-state index in [1.54, 1.807) is 31.2 Å². The van der Waals surface area contributed by atoms with Crippen molar-refractivity contribution in [1.29, 1.82) is 0 Å². The van der Waals surface area contributed by atoms with Gasteiger partial charge in [0.25, 0.3) is 5.78 Å². The average Bonchev–Trinajstić information content (AvgIpc) is 3.35. The molecule has 1 aromatic heterocycles. The minimum atomic E-state index is -1.05. The first-order valence-electron chi connectivity index (χ1n) is 10.0. The summed E-state index contributed by atoms with van der Waals surface area (Å²) in [5.41, 5.74) is 0.814. The Morgan fingerprint density at radius 1 is 1.09 bits per heavy atom. The molecule has 2 heterocycles. The number of aromatic nitrogens is 1. The molecule has 2 aromatic carbocycles.